The molecular weight excluding hydrogens is 260 g/mol. The predicted molar refractivity (Wildman–Crippen MR) is 60.1 cm³/mol. The first-order chi connectivity index (χ1) is 8.93. The maximum Gasteiger partial charge on any atom is 0.330 e. The van der Waals surface area contributed by atoms with Crippen LogP contribution in [0.15, 0.2) is 15.8 Å². The van der Waals surface area contributed by atoms with E-state index in [2.05, 4.69) is 0 Å². The van der Waals surface area contributed by atoms with Crippen molar-refractivity contribution >= 4 is 0 Å². The molecule has 9 nitrogen and oxygen atoms in total. The first kappa shape index (κ1) is 13.9. The van der Waals surface area contributed by atoms with Crippen LogP contribution in [0.3, 0.4) is 0 Å². The molecule has 1 aromatic rings. The molecule has 1 aliphatic heterocycles. The highest BCUT2D eigenvalue weighted by Crippen LogP contribution is 2.27. The molecule has 106 valence electrons. The quantitative estimate of drug-likeness (QED) is 0.373. The van der Waals surface area contributed by atoms with E-state index < -0.39 is 48.1 Å². The number of hydrogen-bond donors (Lipinski definition) is 5. The molecule has 0 aromatic carbocycles. The minimum absolute atomic E-state index is 0.0398. The van der Waals surface area contributed by atoms with Crippen molar-refractivity contribution in [2.24, 2.45) is 0 Å². The molecule has 5 N–H and O–H groups in total. The van der Waals surface area contributed by atoms with E-state index in [9.17, 15) is 14.7 Å². The number of aliphatic hydroxyl groups excluding tert-OH is 3. The summed E-state index contributed by atoms with van der Waals surface area (Å²) >= 11 is 0. The van der Waals surface area contributed by atoms with Crippen molar-refractivity contribution in [3.63, 3.8) is 0 Å². The Labute approximate surface area is 106 Å². The third-order valence-electron chi connectivity index (χ3n) is 2.97. The van der Waals surface area contributed by atoms with Gasteiger partial charge in [-0.3, -0.25) is 14.3 Å². The predicted octanol–water partition coefficient (Wildman–Crippen LogP) is -2.84. The van der Waals surface area contributed by atoms with Crippen LogP contribution < -0.4 is 11.2 Å². The zero-order chi connectivity index (χ0) is 14.2. The Morgan fingerprint density at radius 3 is 2.68 bits per heavy atom. The fraction of sp³-hybridized carbons (Fsp3) is 0.600. The minimum Gasteiger partial charge on any atom is -0.394 e. The van der Waals surface area contributed by atoms with Gasteiger partial charge in [0.05, 0.1) is 18.3 Å². The highest BCUT2D eigenvalue weighted by atomic mass is 16.5. The summed E-state index contributed by atoms with van der Waals surface area (Å²) in [6, 6.07) is 0. The lowest BCUT2D eigenvalue weighted by Gasteiger charge is -2.15. The third-order valence-corrected chi connectivity index (χ3v) is 2.97. The van der Waals surface area contributed by atoms with Gasteiger partial charge in [0.2, 0.25) is 0 Å². The monoisotopic (exact) mass is 274 g/mol. The van der Waals surface area contributed by atoms with Crippen molar-refractivity contribution in [3.8, 4) is 0 Å². The molecule has 2 heterocycles. The maximum atomic E-state index is 11.6. The lowest BCUT2D eigenvalue weighted by molar-refractivity contribution is -0.0520. The Morgan fingerprint density at radius 1 is 1.47 bits per heavy atom. The number of aromatic nitrogens is 2. The Morgan fingerprint density at radius 2 is 2.16 bits per heavy atom. The van der Waals surface area contributed by atoms with E-state index in [4.69, 9.17) is 20.1 Å². The van der Waals surface area contributed by atoms with E-state index in [0.29, 0.717) is 0 Å². The van der Waals surface area contributed by atoms with Crippen molar-refractivity contribution < 1.29 is 25.2 Å². The van der Waals surface area contributed by atoms with Gasteiger partial charge in [0.25, 0.3) is 5.56 Å². The summed E-state index contributed by atoms with van der Waals surface area (Å²) in [5, 5.41) is 36.5. The molecule has 2 unspecified atom stereocenters. The molecule has 0 aliphatic carbocycles. The molecule has 0 bridgehead atoms. The van der Waals surface area contributed by atoms with Crippen molar-refractivity contribution in [2.75, 3.05) is 6.61 Å². The van der Waals surface area contributed by atoms with Crippen LogP contribution >= 0.6 is 0 Å². The average molecular weight is 274 g/mol. The minimum atomic E-state index is -2.03. The second kappa shape index (κ2) is 5.23. The van der Waals surface area contributed by atoms with Gasteiger partial charge in [-0.2, -0.15) is 0 Å². The summed E-state index contributed by atoms with van der Waals surface area (Å²) in [5.41, 5.74) is -2.12. The molecular formula is C10H14N2O7. The van der Waals surface area contributed by atoms with E-state index >= 15 is 0 Å². The summed E-state index contributed by atoms with van der Waals surface area (Å²) in [4.78, 5) is 24.9. The molecule has 19 heavy (non-hydrogen) atoms. The van der Waals surface area contributed by atoms with Gasteiger partial charge < -0.3 is 25.2 Å². The largest absolute Gasteiger partial charge is 0.394 e. The zero-order valence-electron chi connectivity index (χ0n) is 9.76. The highest BCUT2D eigenvalue weighted by Gasteiger charge is 2.35. The molecule has 9 heteroatoms. The molecule has 0 amide bonds. The van der Waals surface area contributed by atoms with Crippen molar-refractivity contribution in [1.29, 1.82) is 0 Å². The summed E-state index contributed by atoms with van der Waals surface area (Å²) < 4.78 is 6.18. The second-order valence-electron chi connectivity index (χ2n) is 4.24. The molecule has 2 rings (SSSR count). The van der Waals surface area contributed by atoms with E-state index in [0.717, 1.165) is 10.8 Å². The van der Waals surface area contributed by atoms with Gasteiger partial charge in [0, 0.05) is 12.6 Å². The van der Waals surface area contributed by atoms with Gasteiger partial charge in [0.15, 0.2) is 6.29 Å². The van der Waals surface area contributed by atoms with Crippen LogP contribution in [-0.2, 0) is 4.74 Å². The lowest BCUT2D eigenvalue weighted by Crippen LogP contribution is -2.35. The zero-order valence-corrected chi connectivity index (χ0v) is 9.76. The summed E-state index contributed by atoms with van der Waals surface area (Å²) in [7, 11) is 0. The topological polar surface area (TPSA) is 145 Å². The first-order valence-corrected chi connectivity index (χ1v) is 5.60. The Hall–Kier alpha value is -1.52. The smallest absolute Gasteiger partial charge is 0.330 e. The molecule has 3 atom stereocenters. The van der Waals surface area contributed by atoms with E-state index in [1.807, 2.05) is 4.98 Å². The molecule has 1 fully saturated rings. The van der Waals surface area contributed by atoms with Crippen LogP contribution in [0.2, 0.25) is 0 Å². The molecule has 1 aliphatic rings. The third kappa shape index (κ3) is 2.60. The second-order valence-corrected chi connectivity index (χ2v) is 4.24. The highest BCUT2D eigenvalue weighted by molar-refractivity contribution is 5.06. The Balaban J connectivity index is 2.38. The van der Waals surface area contributed by atoms with Crippen molar-refractivity contribution in [2.45, 2.75) is 31.1 Å². The number of aromatic amines is 1. The first-order valence-electron chi connectivity index (χ1n) is 5.60. The number of hydrogen-bond acceptors (Lipinski definition) is 7. The Kier molecular flexibility index (Phi) is 3.83. The molecule has 0 spiro atoms. The van der Waals surface area contributed by atoms with Crippen LogP contribution in [0.5, 0.6) is 0 Å². The summed E-state index contributed by atoms with van der Waals surface area (Å²) in [6.45, 7) is -0.411. The number of nitrogens with one attached hydrogen (secondary N) is 1. The number of H-pyrrole nitrogens is 1. The van der Waals surface area contributed by atoms with Gasteiger partial charge in [-0.25, -0.2) is 4.79 Å². The summed E-state index contributed by atoms with van der Waals surface area (Å²) in [5.74, 6) is 0. The van der Waals surface area contributed by atoms with Gasteiger partial charge in [-0.05, 0) is 0 Å². The van der Waals surface area contributed by atoms with Crippen LogP contribution in [0.1, 0.15) is 24.5 Å². The number of nitrogens with zero attached hydrogens (tertiary/aromatic N) is 1. The Bertz CT molecular complexity index is 564. The fourth-order valence-corrected chi connectivity index (χ4v) is 1.95. The average Bonchev–Trinajstić information content (AvgIpc) is 2.69. The standard InChI is InChI=1S/C10H14N2O7/c13-3-6-5(14)1-7(19-6)12-2-4(9(16)17)8(15)11-10(12)18/h2,5-7,9,13-14,16-17H,1,3H2,(H,11,15,18)/t5-,6?,7?/m0/s1. The van der Waals surface area contributed by atoms with Gasteiger partial charge in [-0.15, -0.1) is 0 Å². The van der Waals surface area contributed by atoms with Crippen LogP contribution in [0.25, 0.3) is 0 Å². The van der Waals surface area contributed by atoms with Gasteiger partial charge in [0.1, 0.15) is 12.3 Å². The van der Waals surface area contributed by atoms with Gasteiger partial charge in [-0.1, -0.05) is 0 Å². The van der Waals surface area contributed by atoms with Gasteiger partial charge >= 0.3 is 5.69 Å². The maximum absolute atomic E-state index is 11.6. The number of rotatable bonds is 3. The number of ether oxygens (including phenoxy) is 1. The lowest BCUT2D eigenvalue weighted by atomic mass is 10.2. The van der Waals surface area contributed by atoms with Crippen molar-refractivity contribution in [1.82, 2.24) is 9.55 Å². The van der Waals surface area contributed by atoms with Crippen molar-refractivity contribution in [3.05, 3.63) is 32.6 Å². The van der Waals surface area contributed by atoms with Crippen LogP contribution in [-0.4, -0.2) is 48.8 Å². The molecule has 1 saturated heterocycles. The fourth-order valence-electron chi connectivity index (χ4n) is 1.95. The number of aliphatic hydroxyl groups is 4. The van der Waals surface area contributed by atoms with Crippen LogP contribution in [0, 0.1) is 0 Å². The summed E-state index contributed by atoms with van der Waals surface area (Å²) in [6.07, 6.45) is -3.70. The van der Waals surface area contributed by atoms with Crippen LogP contribution in [0.4, 0.5) is 0 Å². The molecule has 1 aromatic heterocycles. The molecule has 0 saturated carbocycles. The van der Waals surface area contributed by atoms with E-state index in [-0.39, 0.29) is 6.42 Å². The SMILES string of the molecule is O=c1[nH]c(=O)n(C2C[C@H](O)C(CO)O2)cc1C(O)O. The normalized spacial score (nSPS) is 27.1. The molecule has 0 radical (unpaired) electrons. The van der Waals surface area contributed by atoms with E-state index in [1.54, 1.807) is 0 Å². The van der Waals surface area contributed by atoms with E-state index in [1.165, 1.54) is 0 Å².